The topological polar surface area (TPSA) is 47.6 Å². The molecule has 0 saturated carbocycles. The number of hydrogen-bond donors (Lipinski definition) is 1. The first-order valence-electron chi connectivity index (χ1n) is 6.52. The lowest BCUT2D eigenvalue weighted by atomic mass is 9.95. The molecule has 0 aliphatic heterocycles. The van der Waals surface area contributed by atoms with Crippen LogP contribution >= 0.6 is 0 Å². The van der Waals surface area contributed by atoms with Gasteiger partial charge in [0.15, 0.2) is 0 Å². The lowest BCUT2D eigenvalue weighted by Gasteiger charge is -2.29. The Morgan fingerprint density at radius 2 is 2.15 bits per heavy atom. The number of esters is 1. The lowest BCUT2D eigenvalue weighted by Crippen LogP contribution is -2.50. The van der Waals surface area contributed by atoms with Crippen molar-refractivity contribution in [2.45, 2.75) is 38.8 Å². The number of carbonyl (C=O) groups excluding carboxylic acids is 1. The van der Waals surface area contributed by atoms with Gasteiger partial charge < -0.3 is 14.8 Å². The molecule has 0 aliphatic rings. The van der Waals surface area contributed by atoms with Gasteiger partial charge >= 0.3 is 5.97 Å². The van der Waals surface area contributed by atoms with E-state index in [1.165, 1.54) is 13.2 Å². The molecule has 1 rings (SSSR count). The van der Waals surface area contributed by atoms with E-state index in [9.17, 15) is 9.18 Å². The Labute approximate surface area is 119 Å². The van der Waals surface area contributed by atoms with Crippen LogP contribution < -0.4 is 10.1 Å². The molecule has 112 valence electrons. The predicted octanol–water partition coefficient (Wildman–Crippen LogP) is 2.44. The van der Waals surface area contributed by atoms with E-state index in [4.69, 9.17) is 9.47 Å². The number of aryl methyl sites for hydroxylation is 1. The maximum Gasteiger partial charge on any atom is 0.325 e. The third-order valence-corrected chi connectivity index (χ3v) is 3.35. The van der Waals surface area contributed by atoms with Crippen LogP contribution in [0.15, 0.2) is 18.2 Å². The fraction of sp³-hybridized carbons (Fsp3) is 0.533. The maximum absolute atomic E-state index is 13.2. The number of methoxy groups -OCH3 is 1. The van der Waals surface area contributed by atoms with Crippen LogP contribution in [0.25, 0.3) is 0 Å². The van der Waals surface area contributed by atoms with E-state index in [2.05, 4.69) is 5.32 Å². The van der Waals surface area contributed by atoms with Gasteiger partial charge in [-0.25, -0.2) is 4.39 Å². The number of hydrogen-bond acceptors (Lipinski definition) is 4. The number of ether oxygens (including phenoxy) is 2. The fourth-order valence-corrected chi connectivity index (χ4v) is 2.05. The largest absolute Gasteiger partial charge is 0.491 e. The van der Waals surface area contributed by atoms with Gasteiger partial charge in [-0.2, -0.15) is 0 Å². The summed E-state index contributed by atoms with van der Waals surface area (Å²) in [5.41, 5.74) is -0.289. The molecule has 2 unspecified atom stereocenters. The SMILES string of the molecule is CNC(C)(CC(C)Oc1ccc(F)c(C)c1)C(=O)OC. The van der Waals surface area contributed by atoms with Crippen LogP contribution in [-0.2, 0) is 9.53 Å². The van der Waals surface area contributed by atoms with Crippen molar-refractivity contribution in [3.05, 3.63) is 29.6 Å². The van der Waals surface area contributed by atoms with Crippen molar-refractivity contribution < 1.29 is 18.7 Å². The first kappa shape index (κ1) is 16.4. The molecular weight excluding hydrogens is 261 g/mol. The van der Waals surface area contributed by atoms with Crippen molar-refractivity contribution in [2.24, 2.45) is 0 Å². The third kappa shape index (κ3) is 3.93. The maximum atomic E-state index is 13.2. The smallest absolute Gasteiger partial charge is 0.325 e. The van der Waals surface area contributed by atoms with Gasteiger partial charge in [-0.15, -0.1) is 0 Å². The van der Waals surface area contributed by atoms with Gasteiger partial charge in [0.05, 0.1) is 13.2 Å². The predicted molar refractivity (Wildman–Crippen MR) is 75.3 cm³/mol. The number of benzene rings is 1. The Kier molecular flexibility index (Phi) is 5.51. The summed E-state index contributed by atoms with van der Waals surface area (Å²) < 4.78 is 23.7. The van der Waals surface area contributed by atoms with Crippen molar-refractivity contribution in [3.63, 3.8) is 0 Å². The number of nitrogens with one attached hydrogen (secondary N) is 1. The lowest BCUT2D eigenvalue weighted by molar-refractivity contribution is -0.148. The minimum atomic E-state index is -0.816. The van der Waals surface area contributed by atoms with Crippen LogP contribution in [0.4, 0.5) is 4.39 Å². The number of rotatable bonds is 6. The second-order valence-corrected chi connectivity index (χ2v) is 5.12. The van der Waals surface area contributed by atoms with Gasteiger partial charge in [0.25, 0.3) is 0 Å². The minimum absolute atomic E-state index is 0.226. The first-order chi connectivity index (χ1) is 9.32. The normalized spacial score (nSPS) is 15.3. The highest BCUT2D eigenvalue weighted by atomic mass is 19.1. The van der Waals surface area contributed by atoms with Crippen molar-refractivity contribution >= 4 is 5.97 Å². The van der Waals surface area contributed by atoms with Crippen molar-refractivity contribution in [1.82, 2.24) is 5.32 Å². The standard InChI is InChI=1S/C15H22FNO3/c1-10-8-12(6-7-13(10)16)20-11(2)9-15(3,17-4)14(18)19-5/h6-8,11,17H,9H2,1-5H3. The Bertz CT molecular complexity index is 478. The molecular formula is C15H22FNO3. The molecule has 4 nitrogen and oxygen atoms in total. The number of carbonyl (C=O) groups is 1. The van der Waals surface area contributed by atoms with Crippen LogP contribution in [0.1, 0.15) is 25.8 Å². The molecule has 5 heteroatoms. The van der Waals surface area contributed by atoms with Crippen LogP contribution in [0.3, 0.4) is 0 Å². The van der Waals surface area contributed by atoms with Crippen molar-refractivity contribution in [3.8, 4) is 5.75 Å². The quantitative estimate of drug-likeness (QED) is 0.815. The monoisotopic (exact) mass is 283 g/mol. The van der Waals surface area contributed by atoms with E-state index in [1.807, 2.05) is 6.92 Å². The molecule has 0 spiro atoms. The van der Waals surface area contributed by atoms with E-state index >= 15 is 0 Å². The van der Waals surface area contributed by atoms with E-state index in [0.29, 0.717) is 17.7 Å². The molecule has 0 radical (unpaired) electrons. The van der Waals surface area contributed by atoms with Crippen LogP contribution in [0.5, 0.6) is 5.75 Å². The van der Waals surface area contributed by atoms with Gasteiger partial charge in [-0.3, -0.25) is 4.79 Å². The summed E-state index contributed by atoms with van der Waals surface area (Å²) in [6, 6.07) is 4.59. The highest BCUT2D eigenvalue weighted by Gasteiger charge is 2.34. The minimum Gasteiger partial charge on any atom is -0.491 e. The Hall–Kier alpha value is -1.62. The Balaban J connectivity index is 2.73. The number of halogens is 1. The summed E-state index contributed by atoms with van der Waals surface area (Å²) in [5, 5.41) is 2.95. The second-order valence-electron chi connectivity index (χ2n) is 5.12. The number of likely N-dealkylation sites (N-methyl/N-ethyl adjacent to an activating group) is 1. The molecule has 1 aromatic rings. The van der Waals surface area contributed by atoms with Gasteiger partial charge in [-0.05, 0) is 51.6 Å². The highest BCUT2D eigenvalue weighted by Crippen LogP contribution is 2.21. The molecule has 20 heavy (non-hydrogen) atoms. The van der Waals surface area contributed by atoms with Crippen LogP contribution in [-0.4, -0.2) is 31.8 Å². The second kappa shape index (κ2) is 6.70. The van der Waals surface area contributed by atoms with Crippen molar-refractivity contribution in [1.29, 1.82) is 0 Å². The zero-order chi connectivity index (χ0) is 15.3. The van der Waals surface area contributed by atoms with E-state index < -0.39 is 5.54 Å². The summed E-state index contributed by atoms with van der Waals surface area (Å²) in [5.74, 6) is -0.0231. The summed E-state index contributed by atoms with van der Waals surface area (Å²) in [6.07, 6.45) is 0.212. The average Bonchev–Trinajstić information content (AvgIpc) is 2.41. The molecule has 0 amide bonds. The molecule has 0 heterocycles. The average molecular weight is 283 g/mol. The first-order valence-corrected chi connectivity index (χ1v) is 6.52. The van der Waals surface area contributed by atoms with Crippen LogP contribution in [0, 0.1) is 12.7 Å². The van der Waals surface area contributed by atoms with Gasteiger partial charge in [0.2, 0.25) is 0 Å². The Morgan fingerprint density at radius 1 is 1.50 bits per heavy atom. The van der Waals surface area contributed by atoms with Gasteiger partial charge in [-0.1, -0.05) is 0 Å². The van der Waals surface area contributed by atoms with E-state index in [1.54, 1.807) is 33.0 Å². The van der Waals surface area contributed by atoms with Crippen LogP contribution in [0.2, 0.25) is 0 Å². The van der Waals surface area contributed by atoms with Crippen molar-refractivity contribution in [2.75, 3.05) is 14.2 Å². The molecule has 0 aliphatic carbocycles. The van der Waals surface area contributed by atoms with Gasteiger partial charge in [0.1, 0.15) is 17.1 Å². The molecule has 1 aromatic carbocycles. The molecule has 0 aromatic heterocycles. The summed E-state index contributed by atoms with van der Waals surface area (Å²) >= 11 is 0. The fourth-order valence-electron chi connectivity index (χ4n) is 2.05. The Morgan fingerprint density at radius 3 is 2.65 bits per heavy atom. The summed E-state index contributed by atoms with van der Waals surface area (Å²) in [6.45, 7) is 5.30. The summed E-state index contributed by atoms with van der Waals surface area (Å²) in [7, 11) is 3.05. The zero-order valence-electron chi connectivity index (χ0n) is 12.6. The highest BCUT2D eigenvalue weighted by molar-refractivity contribution is 5.80. The zero-order valence-corrected chi connectivity index (χ0v) is 12.6. The summed E-state index contributed by atoms with van der Waals surface area (Å²) in [4.78, 5) is 11.8. The molecule has 1 N–H and O–H groups in total. The third-order valence-electron chi connectivity index (χ3n) is 3.35. The molecule has 0 saturated heterocycles. The van der Waals surface area contributed by atoms with E-state index in [-0.39, 0.29) is 17.9 Å². The van der Waals surface area contributed by atoms with E-state index in [0.717, 1.165) is 0 Å². The molecule has 0 fully saturated rings. The molecule has 2 atom stereocenters. The van der Waals surface area contributed by atoms with Gasteiger partial charge in [0, 0.05) is 6.42 Å². The molecule has 0 bridgehead atoms.